The maximum Gasteiger partial charge on any atom is 0.217 e. The SMILES string of the molecule is Br.CN(C)c1nc(=NCc2ccccc2)ss1. The van der Waals surface area contributed by atoms with E-state index >= 15 is 0 Å². The fraction of sp³-hybridized carbons (Fsp3) is 0.273. The van der Waals surface area contributed by atoms with Crippen LogP contribution in [0.2, 0.25) is 0 Å². The van der Waals surface area contributed by atoms with Crippen LogP contribution in [-0.2, 0) is 6.54 Å². The van der Waals surface area contributed by atoms with E-state index in [0.717, 1.165) is 9.93 Å². The molecule has 2 aromatic rings. The minimum absolute atomic E-state index is 0. The Balaban J connectivity index is 0.00000144. The lowest BCUT2D eigenvalue weighted by Gasteiger charge is -2.03. The average Bonchev–Trinajstić information content (AvgIpc) is 2.76. The molecule has 0 saturated carbocycles. The molecule has 0 aliphatic carbocycles. The molecule has 0 N–H and O–H groups in total. The van der Waals surface area contributed by atoms with E-state index in [0.29, 0.717) is 6.54 Å². The van der Waals surface area contributed by atoms with Crippen molar-refractivity contribution in [3.05, 3.63) is 40.7 Å². The van der Waals surface area contributed by atoms with Gasteiger partial charge >= 0.3 is 0 Å². The molecule has 6 heteroatoms. The number of hydrogen-bond acceptors (Lipinski definition) is 5. The average molecular weight is 332 g/mol. The van der Waals surface area contributed by atoms with E-state index in [9.17, 15) is 0 Å². The molecular weight excluding hydrogens is 318 g/mol. The number of benzene rings is 1. The van der Waals surface area contributed by atoms with Crippen LogP contribution in [0.4, 0.5) is 5.13 Å². The maximum atomic E-state index is 4.47. The van der Waals surface area contributed by atoms with Gasteiger partial charge in [-0.25, -0.2) is 0 Å². The molecule has 92 valence electrons. The van der Waals surface area contributed by atoms with Gasteiger partial charge in [-0.1, -0.05) is 30.3 Å². The van der Waals surface area contributed by atoms with E-state index in [1.807, 2.05) is 37.2 Å². The van der Waals surface area contributed by atoms with Crippen LogP contribution in [0.5, 0.6) is 0 Å². The smallest absolute Gasteiger partial charge is 0.217 e. The van der Waals surface area contributed by atoms with Crippen molar-refractivity contribution in [1.82, 2.24) is 4.98 Å². The van der Waals surface area contributed by atoms with E-state index in [-0.39, 0.29) is 17.0 Å². The highest BCUT2D eigenvalue weighted by molar-refractivity contribution is 8.93. The first kappa shape index (κ1) is 14.3. The highest BCUT2D eigenvalue weighted by atomic mass is 79.9. The molecule has 1 heterocycles. The maximum absolute atomic E-state index is 4.47. The number of hydrogen-bond donors (Lipinski definition) is 0. The highest BCUT2D eigenvalue weighted by Gasteiger charge is 1.99. The first-order valence-corrected chi connectivity index (χ1v) is 7.09. The zero-order chi connectivity index (χ0) is 11.4. The predicted octanol–water partition coefficient (Wildman–Crippen LogP) is 2.95. The van der Waals surface area contributed by atoms with Crippen molar-refractivity contribution in [2.45, 2.75) is 6.54 Å². The largest absolute Gasteiger partial charge is 0.353 e. The minimum atomic E-state index is 0. The Hall–Kier alpha value is -0.720. The summed E-state index contributed by atoms with van der Waals surface area (Å²) in [7, 11) is 7.26. The molecule has 0 atom stereocenters. The summed E-state index contributed by atoms with van der Waals surface area (Å²) in [5.74, 6) is 0. The van der Waals surface area contributed by atoms with E-state index in [1.165, 1.54) is 5.56 Å². The third-order valence-corrected chi connectivity index (χ3v) is 4.21. The molecule has 0 aliphatic heterocycles. The van der Waals surface area contributed by atoms with Gasteiger partial charge in [-0.2, -0.15) is 4.98 Å². The van der Waals surface area contributed by atoms with Gasteiger partial charge in [0, 0.05) is 14.1 Å². The first-order chi connectivity index (χ1) is 7.75. The molecule has 0 unspecified atom stereocenters. The second kappa shape index (κ2) is 6.88. The molecule has 0 radical (unpaired) electrons. The van der Waals surface area contributed by atoms with E-state index in [4.69, 9.17) is 0 Å². The first-order valence-electron chi connectivity index (χ1n) is 4.94. The molecule has 0 amide bonds. The minimum Gasteiger partial charge on any atom is -0.353 e. The lowest BCUT2D eigenvalue weighted by atomic mass is 10.2. The lowest BCUT2D eigenvalue weighted by Crippen LogP contribution is -2.10. The summed E-state index contributed by atoms with van der Waals surface area (Å²) in [6, 6.07) is 10.2. The van der Waals surface area contributed by atoms with Gasteiger partial charge in [-0.3, -0.25) is 4.99 Å². The van der Waals surface area contributed by atoms with E-state index in [1.54, 1.807) is 20.7 Å². The van der Waals surface area contributed by atoms with E-state index in [2.05, 4.69) is 22.1 Å². The summed E-state index contributed by atoms with van der Waals surface area (Å²) >= 11 is 0. The van der Waals surface area contributed by atoms with Crippen LogP contribution in [0.25, 0.3) is 0 Å². The van der Waals surface area contributed by atoms with Crippen molar-refractivity contribution in [3.63, 3.8) is 0 Å². The van der Waals surface area contributed by atoms with Crippen LogP contribution < -0.4 is 9.70 Å². The van der Waals surface area contributed by atoms with Crippen LogP contribution in [0.1, 0.15) is 5.56 Å². The summed E-state index contributed by atoms with van der Waals surface area (Å²) in [6.07, 6.45) is 0. The molecular formula is C11H14BrN3S2. The normalized spacial score (nSPS) is 11.1. The summed E-state index contributed by atoms with van der Waals surface area (Å²) in [6.45, 7) is 0.702. The van der Waals surface area contributed by atoms with Gasteiger partial charge in [-0.05, 0) is 26.2 Å². The second-order valence-electron chi connectivity index (χ2n) is 3.54. The van der Waals surface area contributed by atoms with Crippen molar-refractivity contribution in [3.8, 4) is 0 Å². The molecule has 17 heavy (non-hydrogen) atoms. The monoisotopic (exact) mass is 331 g/mol. The summed E-state index contributed by atoms with van der Waals surface area (Å²) in [5.41, 5.74) is 1.22. The number of rotatable bonds is 3. The Morgan fingerprint density at radius 2 is 1.88 bits per heavy atom. The third-order valence-electron chi connectivity index (χ3n) is 2.00. The summed E-state index contributed by atoms with van der Waals surface area (Å²) in [5, 5.41) is 1.01. The van der Waals surface area contributed by atoms with E-state index < -0.39 is 0 Å². The fourth-order valence-corrected chi connectivity index (χ4v) is 3.17. The van der Waals surface area contributed by atoms with Crippen molar-refractivity contribution in [2.24, 2.45) is 4.99 Å². The van der Waals surface area contributed by atoms with Gasteiger partial charge in [0.15, 0.2) is 5.13 Å². The van der Waals surface area contributed by atoms with Gasteiger partial charge in [0.2, 0.25) is 4.80 Å². The molecule has 3 nitrogen and oxygen atoms in total. The Labute approximate surface area is 119 Å². The zero-order valence-electron chi connectivity index (χ0n) is 9.66. The van der Waals surface area contributed by atoms with Crippen LogP contribution in [0.15, 0.2) is 35.3 Å². The zero-order valence-corrected chi connectivity index (χ0v) is 13.0. The molecule has 0 aliphatic rings. The summed E-state index contributed by atoms with van der Waals surface area (Å²) < 4.78 is 0. The van der Waals surface area contributed by atoms with Crippen LogP contribution in [-0.4, -0.2) is 19.1 Å². The van der Waals surface area contributed by atoms with Crippen molar-refractivity contribution >= 4 is 42.8 Å². The Morgan fingerprint density at radius 1 is 1.18 bits per heavy atom. The molecule has 0 saturated heterocycles. The summed E-state index contributed by atoms with van der Waals surface area (Å²) in [4.78, 5) is 11.8. The number of aromatic nitrogens is 1. The van der Waals surface area contributed by atoms with Gasteiger partial charge in [0.1, 0.15) is 0 Å². The quantitative estimate of drug-likeness (QED) is 0.809. The lowest BCUT2D eigenvalue weighted by molar-refractivity contribution is 0.983. The third kappa shape index (κ3) is 4.22. The van der Waals surface area contributed by atoms with Crippen LogP contribution in [0, 0.1) is 0 Å². The van der Waals surface area contributed by atoms with Crippen LogP contribution in [0.3, 0.4) is 0 Å². The molecule has 0 fully saturated rings. The number of nitrogens with zero attached hydrogens (tertiary/aromatic N) is 3. The molecule has 1 aromatic heterocycles. The van der Waals surface area contributed by atoms with Crippen molar-refractivity contribution < 1.29 is 0 Å². The Morgan fingerprint density at radius 3 is 2.47 bits per heavy atom. The fourth-order valence-electron chi connectivity index (χ4n) is 1.17. The molecule has 0 bridgehead atoms. The number of anilines is 1. The van der Waals surface area contributed by atoms with Crippen LogP contribution >= 0.6 is 37.7 Å². The van der Waals surface area contributed by atoms with Crippen molar-refractivity contribution in [2.75, 3.05) is 19.0 Å². The molecule has 1 aromatic carbocycles. The topological polar surface area (TPSA) is 28.5 Å². The number of halogens is 1. The van der Waals surface area contributed by atoms with Gasteiger partial charge in [-0.15, -0.1) is 17.0 Å². The molecule has 2 rings (SSSR count). The second-order valence-corrected chi connectivity index (χ2v) is 5.60. The van der Waals surface area contributed by atoms with Gasteiger partial charge in [0.05, 0.1) is 6.54 Å². The van der Waals surface area contributed by atoms with Gasteiger partial charge in [0.25, 0.3) is 0 Å². The highest BCUT2D eigenvalue weighted by Crippen LogP contribution is 2.15. The van der Waals surface area contributed by atoms with Crippen molar-refractivity contribution in [1.29, 1.82) is 0 Å². The Bertz CT molecular complexity index is 505. The van der Waals surface area contributed by atoms with Gasteiger partial charge < -0.3 is 4.90 Å². The standard InChI is InChI=1S/C11H13N3S2.BrH/c1-14(2)11-13-10(15-16-11)12-8-9-6-4-3-5-7-9;/h3-7H,8H2,1-2H3;1H. The molecule has 0 spiro atoms. The Kier molecular flexibility index (Phi) is 5.80. The predicted molar refractivity (Wildman–Crippen MR) is 80.3 cm³/mol.